The van der Waals surface area contributed by atoms with Crippen LogP contribution in [0.2, 0.25) is 0 Å². The highest BCUT2D eigenvalue weighted by Gasteiger charge is 2.14. The zero-order valence-electron chi connectivity index (χ0n) is 12.4. The summed E-state index contributed by atoms with van der Waals surface area (Å²) in [6.07, 6.45) is 0. The maximum Gasteiger partial charge on any atom is 0.274 e. The fourth-order valence-electron chi connectivity index (χ4n) is 2.18. The normalized spacial score (nSPS) is 10.5. The average Bonchev–Trinajstić information content (AvgIpc) is 3.04. The molecule has 0 aliphatic carbocycles. The van der Waals surface area contributed by atoms with Gasteiger partial charge in [0.15, 0.2) is 0 Å². The Labute approximate surface area is 135 Å². The summed E-state index contributed by atoms with van der Waals surface area (Å²) in [6.45, 7) is 0.128. The van der Waals surface area contributed by atoms with Crippen LogP contribution in [0, 0.1) is 10.1 Å². The number of amides is 1. The molecule has 2 N–H and O–H groups in total. The maximum atomic E-state index is 11.1. The SMILES string of the molecule is NC(=O)c1ccc(-c2nnn(Cc3ccccc3[N+](=O)[O-])n2)cc1. The first kappa shape index (κ1) is 15.3. The van der Waals surface area contributed by atoms with Crippen LogP contribution in [0.4, 0.5) is 5.69 Å². The van der Waals surface area contributed by atoms with Gasteiger partial charge in [0.25, 0.3) is 5.69 Å². The van der Waals surface area contributed by atoms with Crippen molar-refractivity contribution >= 4 is 11.6 Å². The van der Waals surface area contributed by atoms with Crippen molar-refractivity contribution in [1.82, 2.24) is 20.2 Å². The summed E-state index contributed by atoms with van der Waals surface area (Å²) in [5, 5.41) is 23.1. The molecule has 9 heteroatoms. The molecule has 3 aromatic rings. The summed E-state index contributed by atoms with van der Waals surface area (Å²) < 4.78 is 0. The topological polar surface area (TPSA) is 130 Å². The molecule has 0 bridgehead atoms. The number of para-hydroxylation sites is 1. The molecule has 0 fully saturated rings. The Morgan fingerprint density at radius 3 is 2.54 bits per heavy atom. The zero-order valence-corrected chi connectivity index (χ0v) is 12.4. The Kier molecular flexibility index (Phi) is 3.98. The molecule has 9 nitrogen and oxygen atoms in total. The van der Waals surface area contributed by atoms with Gasteiger partial charge in [-0.15, -0.1) is 10.2 Å². The third-order valence-corrected chi connectivity index (χ3v) is 3.38. The Morgan fingerprint density at radius 2 is 1.88 bits per heavy atom. The second-order valence-corrected chi connectivity index (χ2v) is 4.97. The second kappa shape index (κ2) is 6.24. The van der Waals surface area contributed by atoms with Crippen LogP contribution in [0.5, 0.6) is 0 Å². The van der Waals surface area contributed by atoms with E-state index < -0.39 is 10.8 Å². The zero-order chi connectivity index (χ0) is 17.1. The number of nitro benzene ring substituents is 1. The van der Waals surface area contributed by atoms with E-state index in [0.29, 0.717) is 22.5 Å². The molecule has 2 aromatic carbocycles. The van der Waals surface area contributed by atoms with Gasteiger partial charge in [0.1, 0.15) is 0 Å². The molecule has 120 valence electrons. The Morgan fingerprint density at radius 1 is 1.17 bits per heavy atom. The molecular formula is C15H12N6O3. The van der Waals surface area contributed by atoms with E-state index in [-0.39, 0.29) is 12.2 Å². The highest BCUT2D eigenvalue weighted by molar-refractivity contribution is 5.93. The van der Waals surface area contributed by atoms with Crippen LogP contribution in [0.15, 0.2) is 48.5 Å². The number of primary amides is 1. The van der Waals surface area contributed by atoms with Crippen molar-refractivity contribution < 1.29 is 9.72 Å². The minimum atomic E-state index is -0.519. The van der Waals surface area contributed by atoms with Crippen molar-refractivity contribution in [2.75, 3.05) is 0 Å². The summed E-state index contributed by atoms with van der Waals surface area (Å²) in [7, 11) is 0. The van der Waals surface area contributed by atoms with E-state index in [2.05, 4.69) is 15.4 Å². The number of benzene rings is 2. The van der Waals surface area contributed by atoms with Gasteiger partial charge < -0.3 is 5.73 Å². The smallest absolute Gasteiger partial charge is 0.274 e. The highest BCUT2D eigenvalue weighted by Crippen LogP contribution is 2.19. The van der Waals surface area contributed by atoms with Gasteiger partial charge in [0.2, 0.25) is 11.7 Å². The van der Waals surface area contributed by atoms with Crippen LogP contribution in [-0.2, 0) is 6.54 Å². The van der Waals surface area contributed by atoms with Gasteiger partial charge in [-0.25, -0.2) is 0 Å². The van der Waals surface area contributed by atoms with Crippen LogP contribution in [-0.4, -0.2) is 31.0 Å². The summed E-state index contributed by atoms with van der Waals surface area (Å²) >= 11 is 0. The van der Waals surface area contributed by atoms with Crippen LogP contribution < -0.4 is 5.73 Å². The minimum Gasteiger partial charge on any atom is -0.366 e. The van der Waals surface area contributed by atoms with Gasteiger partial charge in [-0.05, 0) is 17.3 Å². The quantitative estimate of drug-likeness (QED) is 0.557. The number of nitrogens with zero attached hydrogens (tertiary/aromatic N) is 5. The van der Waals surface area contributed by atoms with Crippen LogP contribution in [0.1, 0.15) is 15.9 Å². The van der Waals surface area contributed by atoms with E-state index in [1.165, 1.54) is 10.9 Å². The average molecular weight is 324 g/mol. The molecule has 0 aliphatic heterocycles. The van der Waals surface area contributed by atoms with E-state index in [1.54, 1.807) is 42.5 Å². The Hall–Kier alpha value is -3.62. The summed E-state index contributed by atoms with van der Waals surface area (Å²) in [5.41, 5.74) is 6.71. The van der Waals surface area contributed by atoms with Crippen LogP contribution in [0.25, 0.3) is 11.4 Å². The molecule has 3 rings (SSSR count). The molecule has 24 heavy (non-hydrogen) atoms. The fourth-order valence-corrected chi connectivity index (χ4v) is 2.18. The highest BCUT2D eigenvalue weighted by atomic mass is 16.6. The number of carbonyl (C=O) groups excluding carboxylic acids is 1. The monoisotopic (exact) mass is 324 g/mol. The molecule has 0 aliphatic rings. The molecule has 1 amide bonds. The molecule has 0 radical (unpaired) electrons. The van der Waals surface area contributed by atoms with Gasteiger partial charge in [-0.3, -0.25) is 14.9 Å². The molecule has 0 saturated carbocycles. The number of hydrogen-bond acceptors (Lipinski definition) is 6. The number of rotatable bonds is 5. The lowest BCUT2D eigenvalue weighted by Gasteiger charge is -2.01. The molecule has 1 heterocycles. The van der Waals surface area contributed by atoms with Gasteiger partial charge in [-0.2, -0.15) is 4.80 Å². The molecule has 1 aromatic heterocycles. The molecule has 0 spiro atoms. The van der Waals surface area contributed by atoms with Gasteiger partial charge in [0, 0.05) is 17.2 Å². The predicted molar refractivity (Wildman–Crippen MR) is 84.0 cm³/mol. The first-order chi connectivity index (χ1) is 11.5. The van der Waals surface area contributed by atoms with E-state index in [4.69, 9.17) is 5.73 Å². The van der Waals surface area contributed by atoms with Gasteiger partial charge in [0.05, 0.1) is 17.0 Å². The molecular weight excluding hydrogens is 312 g/mol. The van der Waals surface area contributed by atoms with Crippen LogP contribution in [0.3, 0.4) is 0 Å². The minimum absolute atomic E-state index is 0.00200. The van der Waals surface area contributed by atoms with Crippen LogP contribution >= 0.6 is 0 Å². The summed E-state index contributed by atoms with van der Waals surface area (Å²) in [6, 6.07) is 12.8. The molecule has 0 saturated heterocycles. The van der Waals surface area contributed by atoms with Gasteiger partial charge in [-0.1, -0.05) is 30.3 Å². The number of aromatic nitrogens is 4. The van der Waals surface area contributed by atoms with Crippen molar-refractivity contribution in [1.29, 1.82) is 0 Å². The lowest BCUT2D eigenvalue weighted by Crippen LogP contribution is -2.10. The van der Waals surface area contributed by atoms with E-state index in [1.807, 2.05) is 0 Å². The second-order valence-electron chi connectivity index (χ2n) is 4.97. The summed E-state index contributed by atoms with van der Waals surface area (Å²) in [4.78, 5) is 22.9. The number of hydrogen-bond donors (Lipinski definition) is 1. The molecule has 0 atom stereocenters. The number of carbonyl (C=O) groups is 1. The van der Waals surface area contributed by atoms with Gasteiger partial charge >= 0.3 is 0 Å². The van der Waals surface area contributed by atoms with E-state index in [9.17, 15) is 14.9 Å². The largest absolute Gasteiger partial charge is 0.366 e. The first-order valence-electron chi connectivity index (χ1n) is 6.95. The van der Waals surface area contributed by atoms with Crippen molar-refractivity contribution in [3.63, 3.8) is 0 Å². The number of tetrazole rings is 1. The Balaban J connectivity index is 1.84. The standard InChI is InChI=1S/C15H12N6O3/c16-14(22)10-5-7-11(8-6-10)15-17-19-20(18-15)9-12-3-1-2-4-13(12)21(23)24/h1-8H,9H2,(H2,16,22). The predicted octanol–water partition coefficient (Wildman–Crippen LogP) is 1.40. The lowest BCUT2D eigenvalue weighted by atomic mass is 10.1. The number of nitrogens with two attached hydrogens (primary N) is 1. The number of nitro groups is 1. The lowest BCUT2D eigenvalue weighted by molar-refractivity contribution is -0.385. The summed E-state index contributed by atoms with van der Waals surface area (Å²) in [5.74, 6) is -0.167. The van der Waals surface area contributed by atoms with Crippen molar-refractivity contribution in [3.05, 3.63) is 69.8 Å². The van der Waals surface area contributed by atoms with Crippen molar-refractivity contribution in [3.8, 4) is 11.4 Å². The maximum absolute atomic E-state index is 11.1. The van der Waals surface area contributed by atoms with Crippen molar-refractivity contribution in [2.24, 2.45) is 5.73 Å². The Bertz CT molecular complexity index is 904. The molecule has 0 unspecified atom stereocenters. The third-order valence-electron chi connectivity index (χ3n) is 3.38. The third kappa shape index (κ3) is 3.09. The first-order valence-corrected chi connectivity index (χ1v) is 6.95. The fraction of sp³-hybridized carbons (Fsp3) is 0.0667. The van der Waals surface area contributed by atoms with Crippen molar-refractivity contribution in [2.45, 2.75) is 6.54 Å². The van der Waals surface area contributed by atoms with E-state index >= 15 is 0 Å². The van der Waals surface area contributed by atoms with E-state index in [0.717, 1.165) is 0 Å².